The SMILES string of the molecule is CC(C)S(=O)(=O)N1C[C@H](N)C[C@H]1C(=O)N[C@@H](Cc1ccc(-c2ccccc2C#N)cc1)C(=O)O. The molecule has 0 bridgehead atoms. The molecule has 1 aliphatic rings. The molecule has 1 fully saturated rings. The van der Waals surface area contributed by atoms with Crippen LogP contribution in [0, 0.1) is 11.3 Å². The quantitative estimate of drug-likeness (QED) is 0.513. The van der Waals surface area contributed by atoms with E-state index in [9.17, 15) is 28.4 Å². The summed E-state index contributed by atoms with van der Waals surface area (Å²) in [6, 6.07) is 13.6. The van der Waals surface area contributed by atoms with Crippen LogP contribution in [0.3, 0.4) is 0 Å². The smallest absolute Gasteiger partial charge is 0.326 e. The van der Waals surface area contributed by atoms with E-state index in [2.05, 4.69) is 11.4 Å². The number of nitrogens with two attached hydrogens (primary N) is 1. The minimum atomic E-state index is -3.73. The Kier molecular flexibility index (Phi) is 7.71. The number of nitriles is 1. The van der Waals surface area contributed by atoms with Gasteiger partial charge in [-0.3, -0.25) is 4.79 Å². The van der Waals surface area contributed by atoms with Crippen molar-refractivity contribution in [1.82, 2.24) is 9.62 Å². The standard InChI is InChI=1S/C24H28N4O5S/c1-15(2)34(32,33)28-14-19(26)12-22(28)23(29)27-21(24(30)31)11-16-7-9-17(10-8-16)20-6-4-3-5-18(20)13-25/h3-10,15,19,21-22H,11-12,14,26H2,1-2H3,(H,27,29)(H,30,31)/t19-,21+,22+/m1/s1. The van der Waals surface area contributed by atoms with Gasteiger partial charge in [-0.25, -0.2) is 13.2 Å². The zero-order chi connectivity index (χ0) is 25.0. The van der Waals surface area contributed by atoms with Crippen molar-refractivity contribution in [3.05, 3.63) is 59.7 Å². The van der Waals surface area contributed by atoms with Crippen LogP contribution in [0.5, 0.6) is 0 Å². The number of amides is 1. The van der Waals surface area contributed by atoms with Gasteiger partial charge in [0.2, 0.25) is 15.9 Å². The minimum absolute atomic E-state index is 0.0109. The Labute approximate surface area is 199 Å². The van der Waals surface area contributed by atoms with Crippen LogP contribution in [0.1, 0.15) is 31.4 Å². The first-order chi connectivity index (χ1) is 16.0. The topological polar surface area (TPSA) is 154 Å². The largest absolute Gasteiger partial charge is 0.480 e. The number of carbonyl (C=O) groups excluding carboxylic acids is 1. The highest BCUT2D eigenvalue weighted by Gasteiger charge is 2.43. The van der Waals surface area contributed by atoms with Crippen LogP contribution in [-0.2, 0) is 26.0 Å². The van der Waals surface area contributed by atoms with Crippen LogP contribution in [0.25, 0.3) is 11.1 Å². The van der Waals surface area contributed by atoms with Crippen molar-refractivity contribution >= 4 is 21.9 Å². The maximum atomic E-state index is 12.9. The van der Waals surface area contributed by atoms with E-state index in [4.69, 9.17) is 5.73 Å². The molecule has 0 aliphatic carbocycles. The number of sulfonamides is 1. The van der Waals surface area contributed by atoms with E-state index >= 15 is 0 Å². The van der Waals surface area contributed by atoms with Crippen LogP contribution in [0.2, 0.25) is 0 Å². The Bertz CT molecular complexity index is 1200. The number of nitrogens with zero attached hydrogens (tertiary/aromatic N) is 2. The first kappa shape index (κ1) is 25.4. The van der Waals surface area contributed by atoms with E-state index in [0.29, 0.717) is 11.1 Å². The second kappa shape index (κ2) is 10.3. The van der Waals surface area contributed by atoms with Crippen LogP contribution < -0.4 is 11.1 Å². The molecule has 1 saturated heterocycles. The van der Waals surface area contributed by atoms with Crippen molar-refractivity contribution in [3.8, 4) is 17.2 Å². The van der Waals surface area contributed by atoms with E-state index in [1.165, 1.54) is 13.8 Å². The maximum absolute atomic E-state index is 12.9. The van der Waals surface area contributed by atoms with Gasteiger partial charge < -0.3 is 16.2 Å². The summed E-state index contributed by atoms with van der Waals surface area (Å²) in [6.07, 6.45) is 0.133. The lowest BCUT2D eigenvalue weighted by molar-refractivity contribution is -0.142. The van der Waals surface area contributed by atoms with Crippen LogP contribution in [-0.4, -0.2) is 59.6 Å². The molecule has 9 nitrogen and oxygen atoms in total. The normalized spacial score (nSPS) is 19.5. The molecule has 34 heavy (non-hydrogen) atoms. The average Bonchev–Trinajstić information content (AvgIpc) is 3.21. The third kappa shape index (κ3) is 5.44. The second-order valence-corrected chi connectivity index (χ2v) is 11.1. The van der Waals surface area contributed by atoms with Crippen molar-refractivity contribution in [2.45, 2.75) is 50.1 Å². The Morgan fingerprint density at radius 1 is 1.21 bits per heavy atom. The second-order valence-electron chi connectivity index (χ2n) is 8.63. The van der Waals surface area contributed by atoms with Gasteiger partial charge >= 0.3 is 5.97 Å². The van der Waals surface area contributed by atoms with Crippen molar-refractivity contribution in [1.29, 1.82) is 5.26 Å². The molecule has 3 rings (SSSR count). The summed E-state index contributed by atoms with van der Waals surface area (Å²) < 4.78 is 26.4. The lowest BCUT2D eigenvalue weighted by Gasteiger charge is -2.26. The summed E-state index contributed by atoms with van der Waals surface area (Å²) in [7, 11) is -3.73. The number of rotatable bonds is 8. The molecule has 1 heterocycles. The van der Waals surface area contributed by atoms with Crippen molar-refractivity contribution in [2.75, 3.05) is 6.54 Å². The first-order valence-corrected chi connectivity index (χ1v) is 12.4. The number of nitrogens with one attached hydrogen (secondary N) is 1. The van der Waals surface area contributed by atoms with Crippen LogP contribution >= 0.6 is 0 Å². The van der Waals surface area contributed by atoms with E-state index in [1.807, 2.05) is 12.1 Å². The van der Waals surface area contributed by atoms with Gasteiger partial charge in [0.05, 0.1) is 16.9 Å². The molecule has 0 spiro atoms. The van der Waals surface area contributed by atoms with Gasteiger partial charge in [0.15, 0.2) is 0 Å². The lowest BCUT2D eigenvalue weighted by Crippen LogP contribution is -2.52. The maximum Gasteiger partial charge on any atom is 0.326 e. The lowest BCUT2D eigenvalue weighted by atomic mass is 9.97. The molecule has 2 aromatic rings. The highest BCUT2D eigenvalue weighted by molar-refractivity contribution is 7.89. The third-order valence-electron chi connectivity index (χ3n) is 5.88. The molecule has 0 unspecified atom stereocenters. The van der Waals surface area contributed by atoms with Crippen molar-refractivity contribution in [2.24, 2.45) is 5.73 Å². The van der Waals surface area contributed by atoms with Gasteiger partial charge in [0.1, 0.15) is 12.1 Å². The zero-order valence-corrected chi connectivity index (χ0v) is 19.8. The Balaban J connectivity index is 1.75. The predicted octanol–water partition coefficient (Wildman–Crippen LogP) is 1.48. The van der Waals surface area contributed by atoms with Gasteiger partial charge in [-0.15, -0.1) is 0 Å². The third-order valence-corrected chi connectivity index (χ3v) is 8.13. The molecular weight excluding hydrogens is 456 g/mol. The monoisotopic (exact) mass is 484 g/mol. The van der Waals surface area contributed by atoms with Gasteiger partial charge in [-0.2, -0.15) is 9.57 Å². The number of hydrogen-bond acceptors (Lipinski definition) is 6. The molecule has 3 atom stereocenters. The fourth-order valence-electron chi connectivity index (χ4n) is 3.98. The molecule has 0 radical (unpaired) electrons. The van der Waals surface area contributed by atoms with Crippen molar-refractivity contribution in [3.63, 3.8) is 0 Å². The summed E-state index contributed by atoms with van der Waals surface area (Å²) in [6.45, 7) is 3.06. The summed E-state index contributed by atoms with van der Waals surface area (Å²) in [5.74, 6) is -1.91. The number of benzene rings is 2. The van der Waals surface area contributed by atoms with Gasteiger partial charge in [0, 0.05) is 19.0 Å². The molecule has 0 aromatic heterocycles. The number of hydrogen-bond donors (Lipinski definition) is 3. The molecule has 0 saturated carbocycles. The number of carboxylic acid groups (broad SMARTS) is 1. The Morgan fingerprint density at radius 3 is 2.44 bits per heavy atom. The highest BCUT2D eigenvalue weighted by atomic mass is 32.2. The first-order valence-electron chi connectivity index (χ1n) is 10.9. The van der Waals surface area contributed by atoms with Gasteiger partial charge in [0.25, 0.3) is 0 Å². The molecule has 180 valence electrons. The molecule has 4 N–H and O–H groups in total. The van der Waals surface area contributed by atoms with E-state index in [0.717, 1.165) is 15.4 Å². The molecule has 2 aromatic carbocycles. The fraction of sp³-hybridized carbons (Fsp3) is 0.375. The van der Waals surface area contributed by atoms with Crippen LogP contribution in [0.15, 0.2) is 48.5 Å². The Hall–Kier alpha value is -3.26. The zero-order valence-electron chi connectivity index (χ0n) is 19.0. The summed E-state index contributed by atoms with van der Waals surface area (Å²) in [4.78, 5) is 24.8. The summed E-state index contributed by atoms with van der Waals surface area (Å²) in [5.41, 5.74) is 8.70. The van der Waals surface area contributed by atoms with E-state index in [1.54, 1.807) is 36.4 Å². The van der Waals surface area contributed by atoms with Gasteiger partial charge in [-0.05, 0) is 43.0 Å². The van der Waals surface area contributed by atoms with E-state index in [-0.39, 0.29) is 19.4 Å². The summed E-state index contributed by atoms with van der Waals surface area (Å²) in [5, 5.41) is 20.7. The highest BCUT2D eigenvalue weighted by Crippen LogP contribution is 2.25. The molecule has 1 aliphatic heterocycles. The Morgan fingerprint density at radius 2 is 1.85 bits per heavy atom. The van der Waals surface area contributed by atoms with Crippen molar-refractivity contribution < 1.29 is 23.1 Å². The van der Waals surface area contributed by atoms with E-state index < -0.39 is 45.3 Å². The fourth-order valence-corrected chi connectivity index (χ4v) is 5.46. The summed E-state index contributed by atoms with van der Waals surface area (Å²) >= 11 is 0. The average molecular weight is 485 g/mol. The number of aliphatic carboxylic acids is 1. The molecule has 1 amide bonds. The predicted molar refractivity (Wildman–Crippen MR) is 127 cm³/mol. The molecular formula is C24H28N4O5S. The molecule has 10 heteroatoms. The van der Waals surface area contributed by atoms with Gasteiger partial charge in [-0.1, -0.05) is 42.5 Å². The van der Waals surface area contributed by atoms with Crippen LogP contribution in [0.4, 0.5) is 0 Å². The number of carboxylic acids is 1. The minimum Gasteiger partial charge on any atom is -0.480 e. The number of carbonyl (C=O) groups is 2.